The normalized spacial score (nSPS) is 30.5. The number of methoxy groups -OCH3 is 4. The average Bonchev–Trinajstić information content (AvgIpc) is 3.05. The average molecular weight is 682 g/mol. The predicted octanol–water partition coefficient (Wildman–Crippen LogP) is 0.779. The minimum atomic E-state index is -2.95. The maximum Gasteiger partial charge on any atom is 0.341 e. The van der Waals surface area contributed by atoms with Crippen LogP contribution in [0.15, 0.2) is 23.9 Å². The summed E-state index contributed by atoms with van der Waals surface area (Å²) >= 11 is 0. The van der Waals surface area contributed by atoms with Crippen LogP contribution in [0, 0.1) is 6.92 Å². The molecule has 49 heavy (non-hydrogen) atoms. The van der Waals surface area contributed by atoms with E-state index in [-0.39, 0.29) is 35.2 Å². The lowest BCUT2D eigenvalue weighted by Gasteiger charge is -2.50. The van der Waals surface area contributed by atoms with Gasteiger partial charge in [0, 0.05) is 44.1 Å². The number of nitrogens with one attached hydrogen (secondary N) is 1. The Morgan fingerprint density at radius 3 is 2.24 bits per heavy atom. The van der Waals surface area contributed by atoms with Gasteiger partial charge in [0.1, 0.15) is 35.4 Å². The molecule has 2 aromatic rings. The zero-order valence-electron chi connectivity index (χ0n) is 27.4. The summed E-state index contributed by atoms with van der Waals surface area (Å²) in [5.41, 5.74) is -8.29. The second kappa shape index (κ2) is 11.8. The lowest BCUT2D eigenvalue weighted by Crippen LogP contribution is -2.67. The fourth-order valence-electron chi connectivity index (χ4n) is 7.76. The Morgan fingerprint density at radius 2 is 1.63 bits per heavy atom. The highest BCUT2D eigenvalue weighted by molar-refractivity contribution is 6.30. The van der Waals surface area contributed by atoms with Crippen molar-refractivity contribution < 1.29 is 68.1 Å². The number of hydrogen-bond donors (Lipinski definition) is 5. The molecule has 1 heterocycles. The van der Waals surface area contributed by atoms with Crippen molar-refractivity contribution >= 4 is 29.1 Å². The third-order valence-corrected chi connectivity index (χ3v) is 10.1. The molecule has 0 radical (unpaired) electrons. The van der Waals surface area contributed by atoms with Crippen molar-refractivity contribution in [2.45, 2.75) is 68.5 Å². The number of esters is 1. The maximum atomic E-state index is 14.5. The van der Waals surface area contributed by atoms with Crippen molar-refractivity contribution in [1.29, 1.82) is 0 Å². The van der Waals surface area contributed by atoms with Gasteiger partial charge in [0.2, 0.25) is 17.3 Å². The van der Waals surface area contributed by atoms with Gasteiger partial charge in [-0.3, -0.25) is 19.2 Å². The molecule has 1 fully saturated rings. The smallest absolute Gasteiger partial charge is 0.341 e. The van der Waals surface area contributed by atoms with E-state index in [0.29, 0.717) is 0 Å². The van der Waals surface area contributed by atoms with E-state index in [1.165, 1.54) is 27.2 Å². The Labute approximate surface area is 279 Å². The quantitative estimate of drug-likeness (QED) is 0.266. The molecule has 15 nitrogen and oxygen atoms in total. The second-order valence-electron chi connectivity index (χ2n) is 12.5. The van der Waals surface area contributed by atoms with Crippen LogP contribution < -0.4 is 5.32 Å². The number of aromatic hydroxyl groups is 2. The van der Waals surface area contributed by atoms with Gasteiger partial charge in [-0.1, -0.05) is 6.07 Å². The number of aliphatic hydroxyl groups is 2. The molecular weight excluding hydrogens is 646 g/mol. The van der Waals surface area contributed by atoms with E-state index >= 15 is 0 Å². The van der Waals surface area contributed by atoms with Gasteiger partial charge < -0.3 is 49.4 Å². The van der Waals surface area contributed by atoms with Crippen molar-refractivity contribution in [3.63, 3.8) is 0 Å². The Morgan fingerprint density at radius 1 is 0.959 bits per heavy atom. The van der Waals surface area contributed by atoms with E-state index in [1.807, 2.05) is 0 Å². The first-order valence-electron chi connectivity index (χ1n) is 15.3. The summed E-state index contributed by atoms with van der Waals surface area (Å²) in [5, 5.41) is 48.9. The molecule has 0 amide bonds. The molecule has 0 bridgehead atoms. The Kier molecular flexibility index (Phi) is 8.29. The van der Waals surface area contributed by atoms with Crippen molar-refractivity contribution in [3.8, 4) is 11.5 Å². The lowest BCUT2D eigenvalue weighted by atomic mass is 9.57. The molecule has 0 spiro atoms. The van der Waals surface area contributed by atoms with Crippen LogP contribution in [-0.2, 0) is 35.7 Å². The van der Waals surface area contributed by atoms with Crippen molar-refractivity contribution in [2.24, 2.45) is 0 Å². The van der Waals surface area contributed by atoms with Crippen LogP contribution in [0.3, 0.4) is 0 Å². The van der Waals surface area contributed by atoms with Gasteiger partial charge in [-0.2, -0.15) is 0 Å². The van der Waals surface area contributed by atoms with Crippen LogP contribution in [0.5, 0.6) is 11.5 Å². The minimum Gasteiger partial charge on any atom is -0.507 e. The molecule has 1 aliphatic heterocycles. The zero-order valence-corrected chi connectivity index (χ0v) is 27.4. The number of aryl methyl sites for hydroxylation is 2. The molecule has 0 unspecified atom stereocenters. The first kappa shape index (κ1) is 34.4. The van der Waals surface area contributed by atoms with Crippen molar-refractivity contribution in [1.82, 2.24) is 5.32 Å². The number of carbonyl (C=O) groups excluding carboxylic acids is 5. The fourth-order valence-corrected chi connectivity index (χ4v) is 7.76. The highest BCUT2D eigenvalue weighted by Crippen LogP contribution is 2.56. The number of phenolic OH excluding ortho intramolecular Hbond substituents is 2. The maximum absolute atomic E-state index is 14.5. The number of ether oxygens (including phenoxy) is 5. The summed E-state index contributed by atoms with van der Waals surface area (Å²) in [6.45, 7) is 3.15. The third-order valence-electron chi connectivity index (χ3n) is 10.1. The van der Waals surface area contributed by atoms with E-state index < -0.39 is 110 Å². The van der Waals surface area contributed by atoms with E-state index in [0.717, 1.165) is 26.4 Å². The van der Waals surface area contributed by atoms with Gasteiger partial charge >= 0.3 is 5.97 Å². The number of Topliss-reactive ketones (excluding diaryl/α,β-unsaturated/α-hetero) is 3. The molecule has 0 saturated carbocycles. The number of allylic oxidation sites excluding steroid dienone is 2. The third kappa shape index (κ3) is 4.46. The molecule has 3 aliphatic carbocycles. The standard InChI is InChI=1S/C34H35NO14/c1-12-9-14-7-8-33(48-6)30(42)21-16(29(41)34(33,44)22(14)25(39)19(12)32(43)47-5)10-15-20(24(21)38)18(36)11-17(23(15)37)35-31-28(46-4)26(40)27(45-3)13(2)49-31/h9-11,13,26-28,31,35,38-40,44H,7-8H2,1-6H3/t13-,26+,27-,28-,31+,33-,34+/m1/s1. The summed E-state index contributed by atoms with van der Waals surface area (Å²) < 4.78 is 27.0. The van der Waals surface area contributed by atoms with Gasteiger partial charge in [0.25, 0.3) is 0 Å². The predicted molar refractivity (Wildman–Crippen MR) is 165 cm³/mol. The van der Waals surface area contributed by atoms with E-state index in [2.05, 4.69) is 5.32 Å². The number of ketones is 4. The highest BCUT2D eigenvalue weighted by atomic mass is 16.6. The lowest BCUT2D eigenvalue weighted by molar-refractivity contribution is -0.236. The molecule has 15 heteroatoms. The number of hydrogen-bond acceptors (Lipinski definition) is 15. The van der Waals surface area contributed by atoms with Crippen molar-refractivity contribution in [3.05, 3.63) is 68.4 Å². The number of phenols is 2. The highest BCUT2D eigenvalue weighted by Gasteiger charge is 2.69. The molecule has 7 atom stereocenters. The van der Waals surface area contributed by atoms with Crippen LogP contribution in [0.4, 0.5) is 0 Å². The van der Waals surface area contributed by atoms with Crippen LogP contribution in [0.25, 0.3) is 0 Å². The van der Waals surface area contributed by atoms with E-state index in [4.69, 9.17) is 23.7 Å². The monoisotopic (exact) mass is 681 g/mol. The molecule has 4 aliphatic rings. The zero-order chi connectivity index (χ0) is 35.9. The summed E-state index contributed by atoms with van der Waals surface area (Å²) in [6, 6.07) is 2.40. The summed E-state index contributed by atoms with van der Waals surface area (Å²) in [7, 11) is 4.84. The van der Waals surface area contributed by atoms with Gasteiger partial charge in [-0.15, -0.1) is 0 Å². The second-order valence-corrected chi connectivity index (χ2v) is 12.5. The van der Waals surface area contributed by atoms with Crippen LogP contribution in [0.1, 0.15) is 81.8 Å². The largest absolute Gasteiger partial charge is 0.507 e. The van der Waals surface area contributed by atoms with Gasteiger partial charge in [0.15, 0.2) is 23.2 Å². The SMILES string of the molecule is COC(=O)c1c(C)cc2c(c1O)[C@]1(O)C(=O)c3cc4c(c(O)c3C(=O)[C@]1(OC)CC2)C(=O)C=C(N[C@H]1O[C@H](C)[C@@H](OC)[C@H](O)[C@H]1OC)C4=O. The van der Waals surface area contributed by atoms with Gasteiger partial charge in [0.05, 0.1) is 30.0 Å². The molecule has 5 N–H and O–H groups in total. The Bertz CT molecular complexity index is 1880. The molecule has 2 aromatic carbocycles. The summed E-state index contributed by atoms with van der Waals surface area (Å²) in [5.74, 6) is -6.85. The number of fused-ring (bicyclic) bond motifs is 5. The molecule has 1 saturated heterocycles. The molecule has 0 aromatic heterocycles. The first-order valence-corrected chi connectivity index (χ1v) is 15.3. The summed E-state index contributed by atoms with van der Waals surface area (Å²) in [6.07, 6.45) is -4.26. The molecular formula is C34H35NO14. The molecule has 260 valence electrons. The Hall–Kier alpha value is -4.51. The van der Waals surface area contributed by atoms with Crippen molar-refractivity contribution in [2.75, 3.05) is 28.4 Å². The topological polar surface area (TPSA) is 224 Å². The van der Waals surface area contributed by atoms with E-state index in [1.54, 1.807) is 6.92 Å². The summed E-state index contributed by atoms with van der Waals surface area (Å²) in [4.78, 5) is 69.0. The number of aliphatic hydroxyl groups excluding tert-OH is 1. The van der Waals surface area contributed by atoms with Crippen LogP contribution >= 0.6 is 0 Å². The molecule has 6 rings (SSSR count). The van der Waals surface area contributed by atoms with Crippen LogP contribution in [-0.4, -0.2) is 114 Å². The first-order chi connectivity index (χ1) is 23.1. The van der Waals surface area contributed by atoms with Crippen LogP contribution in [0.2, 0.25) is 0 Å². The van der Waals surface area contributed by atoms with Gasteiger partial charge in [-0.05, 0) is 43.9 Å². The number of benzene rings is 2. The van der Waals surface area contributed by atoms with Gasteiger partial charge in [-0.25, -0.2) is 4.79 Å². The Balaban J connectivity index is 1.49. The minimum absolute atomic E-state index is 0.000718. The number of carbonyl (C=O) groups is 5. The fraction of sp³-hybridized carbons (Fsp3) is 0.441. The van der Waals surface area contributed by atoms with E-state index in [9.17, 15) is 44.4 Å². The number of rotatable bonds is 6.